The monoisotopic (exact) mass is 356 g/mol. The number of carbonyl (C=O) groups is 1. The number of nitrogens with one attached hydrogen (secondary N) is 1. The van der Waals surface area contributed by atoms with E-state index in [1.165, 1.54) is 7.11 Å². The topological polar surface area (TPSA) is 45.3 Å². The molecular formula is C17H22Cl2N2O2. The third-order valence-electron chi connectivity index (χ3n) is 4.06. The fraction of sp³-hybridized carbons (Fsp3) is 0.471. The SMILES string of the molecule is CC.COCC(=O)N1CCc2[nH]c3c(Cl)c(Cl)ccc3c2C1C. The molecule has 0 saturated heterocycles. The molecule has 1 aliphatic heterocycles. The van der Waals surface area contributed by atoms with Gasteiger partial charge in [0.15, 0.2) is 0 Å². The van der Waals surface area contributed by atoms with Gasteiger partial charge in [0.2, 0.25) is 5.91 Å². The maximum atomic E-state index is 12.1. The van der Waals surface area contributed by atoms with Crippen molar-refractivity contribution in [1.82, 2.24) is 9.88 Å². The summed E-state index contributed by atoms with van der Waals surface area (Å²) in [4.78, 5) is 17.4. The fourth-order valence-electron chi connectivity index (χ4n) is 3.08. The Morgan fingerprint density at radius 2 is 2.09 bits per heavy atom. The number of rotatable bonds is 2. The average Bonchev–Trinajstić information content (AvgIpc) is 2.93. The van der Waals surface area contributed by atoms with Crippen LogP contribution >= 0.6 is 23.2 Å². The van der Waals surface area contributed by atoms with Crippen LogP contribution in [0.3, 0.4) is 0 Å². The summed E-state index contributed by atoms with van der Waals surface area (Å²) >= 11 is 12.4. The van der Waals surface area contributed by atoms with Crippen molar-refractivity contribution in [1.29, 1.82) is 0 Å². The summed E-state index contributed by atoms with van der Waals surface area (Å²) < 4.78 is 4.96. The Balaban J connectivity index is 0.000000924. The summed E-state index contributed by atoms with van der Waals surface area (Å²) in [6.45, 7) is 6.81. The van der Waals surface area contributed by atoms with Crippen LogP contribution in [0.25, 0.3) is 10.9 Å². The molecular weight excluding hydrogens is 335 g/mol. The average molecular weight is 357 g/mol. The highest BCUT2D eigenvalue weighted by Gasteiger charge is 2.30. The van der Waals surface area contributed by atoms with Crippen LogP contribution in [0, 0.1) is 0 Å². The van der Waals surface area contributed by atoms with E-state index in [0.29, 0.717) is 16.6 Å². The maximum Gasteiger partial charge on any atom is 0.249 e. The van der Waals surface area contributed by atoms with Gasteiger partial charge in [-0.15, -0.1) is 0 Å². The molecule has 2 heterocycles. The number of benzene rings is 1. The number of hydrogen-bond acceptors (Lipinski definition) is 2. The molecule has 1 amide bonds. The minimum Gasteiger partial charge on any atom is -0.375 e. The Morgan fingerprint density at radius 1 is 1.39 bits per heavy atom. The van der Waals surface area contributed by atoms with Crippen LogP contribution in [0.4, 0.5) is 0 Å². The van der Waals surface area contributed by atoms with E-state index in [1.807, 2.05) is 31.7 Å². The highest BCUT2D eigenvalue weighted by molar-refractivity contribution is 6.45. The fourth-order valence-corrected chi connectivity index (χ4v) is 3.45. The Hall–Kier alpha value is -1.23. The van der Waals surface area contributed by atoms with Crippen molar-refractivity contribution in [2.75, 3.05) is 20.3 Å². The number of fused-ring (bicyclic) bond motifs is 3. The van der Waals surface area contributed by atoms with E-state index >= 15 is 0 Å². The third kappa shape index (κ3) is 3.21. The number of halogens is 2. The lowest BCUT2D eigenvalue weighted by molar-refractivity contribution is -0.137. The van der Waals surface area contributed by atoms with Gasteiger partial charge in [-0.05, 0) is 13.0 Å². The molecule has 23 heavy (non-hydrogen) atoms. The van der Waals surface area contributed by atoms with E-state index in [4.69, 9.17) is 27.9 Å². The van der Waals surface area contributed by atoms with Crippen LogP contribution in [-0.4, -0.2) is 36.1 Å². The van der Waals surface area contributed by atoms with Crippen LogP contribution in [0.1, 0.15) is 38.1 Å². The minimum atomic E-state index is -0.0117. The summed E-state index contributed by atoms with van der Waals surface area (Å²) in [5, 5.41) is 2.09. The quantitative estimate of drug-likeness (QED) is 0.854. The zero-order valence-electron chi connectivity index (χ0n) is 13.9. The molecule has 0 saturated carbocycles. The van der Waals surface area contributed by atoms with Gasteiger partial charge in [-0.25, -0.2) is 0 Å². The molecule has 1 atom stereocenters. The highest BCUT2D eigenvalue weighted by Crippen LogP contribution is 2.39. The number of amides is 1. The van der Waals surface area contributed by atoms with Gasteiger partial charge >= 0.3 is 0 Å². The van der Waals surface area contributed by atoms with Crippen molar-refractivity contribution in [2.24, 2.45) is 0 Å². The Morgan fingerprint density at radius 3 is 2.74 bits per heavy atom. The molecule has 6 heteroatoms. The summed E-state index contributed by atoms with van der Waals surface area (Å²) in [6, 6.07) is 3.74. The van der Waals surface area contributed by atoms with Gasteiger partial charge < -0.3 is 14.6 Å². The summed E-state index contributed by atoms with van der Waals surface area (Å²) in [7, 11) is 1.53. The van der Waals surface area contributed by atoms with Crippen molar-refractivity contribution in [3.05, 3.63) is 33.4 Å². The van der Waals surface area contributed by atoms with Crippen LogP contribution < -0.4 is 0 Å². The summed E-state index contributed by atoms with van der Waals surface area (Å²) in [5.74, 6) is 0.00469. The first kappa shape index (κ1) is 18.1. The van der Waals surface area contributed by atoms with E-state index in [0.717, 1.165) is 28.6 Å². The zero-order valence-corrected chi connectivity index (χ0v) is 15.4. The molecule has 1 unspecified atom stereocenters. The van der Waals surface area contributed by atoms with E-state index in [2.05, 4.69) is 4.98 Å². The maximum absolute atomic E-state index is 12.1. The first-order chi connectivity index (χ1) is 11.0. The molecule has 0 fully saturated rings. The molecule has 0 spiro atoms. The number of carbonyl (C=O) groups excluding carboxylic acids is 1. The lowest BCUT2D eigenvalue weighted by Gasteiger charge is -2.33. The van der Waals surface area contributed by atoms with Crippen molar-refractivity contribution < 1.29 is 9.53 Å². The largest absolute Gasteiger partial charge is 0.375 e. The molecule has 1 aliphatic rings. The number of nitrogens with zero attached hydrogens (tertiary/aromatic N) is 1. The number of hydrogen-bond donors (Lipinski definition) is 1. The second-order valence-electron chi connectivity index (χ2n) is 5.25. The number of aromatic nitrogens is 1. The molecule has 1 aromatic heterocycles. The normalized spacial score (nSPS) is 16.8. The van der Waals surface area contributed by atoms with Crippen LogP contribution in [-0.2, 0) is 16.0 Å². The van der Waals surface area contributed by atoms with E-state index in [9.17, 15) is 4.79 Å². The molecule has 0 aliphatic carbocycles. The van der Waals surface area contributed by atoms with Crippen molar-refractivity contribution >= 4 is 40.0 Å². The lowest BCUT2D eigenvalue weighted by Crippen LogP contribution is -2.40. The number of H-pyrrole nitrogens is 1. The van der Waals surface area contributed by atoms with Crippen LogP contribution in [0.2, 0.25) is 10.0 Å². The zero-order chi connectivity index (χ0) is 17.1. The molecule has 1 N–H and O–H groups in total. The molecule has 3 rings (SSSR count). The van der Waals surface area contributed by atoms with E-state index in [-0.39, 0.29) is 18.6 Å². The number of aromatic amines is 1. The smallest absolute Gasteiger partial charge is 0.249 e. The van der Waals surface area contributed by atoms with Gasteiger partial charge in [-0.2, -0.15) is 0 Å². The molecule has 2 aromatic rings. The number of ether oxygens (including phenoxy) is 1. The van der Waals surface area contributed by atoms with E-state index < -0.39 is 0 Å². The highest BCUT2D eigenvalue weighted by atomic mass is 35.5. The van der Waals surface area contributed by atoms with Crippen molar-refractivity contribution in [3.63, 3.8) is 0 Å². The van der Waals surface area contributed by atoms with Gasteiger partial charge in [0.25, 0.3) is 0 Å². The van der Waals surface area contributed by atoms with Gasteiger partial charge in [-0.1, -0.05) is 43.1 Å². The Labute approximate surface area is 146 Å². The molecule has 0 radical (unpaired) electrons. The summed E-state index contributed by atoms with van der Waals surface area (Å²) in [6.07, 6.45) is 0.776. The first-order valence-electron chi connectivity index (χ1n) is 7.81. The van der Waals surface area contributed by atoms with E-state index in [1.54, 1.807) is 6.07 Å². The van der Waals surface area contributed by atoms with Gasteiger partial charge in [0.05, 0.1) is 21.6 Å². The van der Waals surface area contributed by atoms with Crippen LogP contribution in [0.15, 0.2) is 12.1 Å². The minimum absolute atomic E-state index is 0.00469. The lowest BCUT2D eigenvalue weighted by atomic mass is 9.97. The third-order valence-corrected chi connectivity index (χ3v) is 4.87. The van der Waals surface area contributed by atoms with Crippen molar-refractivity contribution in [3.8, 4) is 0 Å². The first-order valence-corrected chi connectivity index (χ1v) is 8.57. The molecule has 0 bridgehead atoms. The molecule has 1 aromatic carbocycles. The standard InChI is InChI=1S/C15H16Cl2N2O2.C2H6/c1-8-13-9-3-4-10(16)14(17)15(9)18-11(13)5-6-19(8)12(20)7-21-2;1-2/h3-4,8,18H,5-7H2,1-2H3;1-2H3. The predicted molar refractivity (Wildman–Crippen MR) is 95.4 cm³/mol. The molecule has 4 nitrogen and oxygen atoms in total. The second-order valence-corrected chi connectivity index (χ2v) is 6.03. The van der Waals surface area contributed by atoms with Gasteiger partial charge in [0.1, 0.15) is 6.61 Å². The number of methoxy groups -OCH3 is 1. The van der Waals surface area contributed by atoms with Crippen LogP contribution in [0.5, 0.6) is 0 Å². The predicted octanol–water partition coefficient (Wildman–Crippen LogP) is 4.59. The van der Waals surface area contributed by atoms with Gasteiger partial charge in [-0.3, -0.25) is 4.79 Å². The summed E-state index contributed by atoms with van der Waals surface area (Å²) in [5.41, 5.74) is 3.10. The Bertz CT molecular complexity index is 712. The van der Waals surface area contributed by atoms with Gasteiger partial charge in [0, 0.05) is 36.7 Å². The second kappa shape index (κ2) is 7.56. The Kier molecular flexibility index (Phi) is 5.95. The molecule has 126 valence electrons. The van der Waals surface area contributed by atoms with Crippen molar-refractivity contribution in [2.45, 2.75) is 33.2 Å².